The first kappa shape index (κ1) is 24.3. The average molecular weight is 374 g/mol. The van der Waals surface area contributed by atoms with Crippen molar-refractivity contribution >= 4 is 17.9 Å². The number of esters is 2. The number of nitrogens with zero attached hydrogens (tertiary/aromatic N) is 1. The lowest BCUT2D eigenvalue weighted by Gasteiger charge is -2.30. The summed E-state index contributed by atoms with van der Waals surface area (Å²) < 4.78 is 10.5. The number of hydrogen-bond donors (Lipinski definition) is 2. The van der Waals surface area contributed by atoms with Crippen LogP contribution in [0.1, 0.15) is 60.8 Å². The summed E-state index contributed by atoms with van der Waals surface area (Å²) in [4.78, 5) is 37.3. The molecule has 0 aliphatic carbocycles. The first-order valence-electron chi connectivity index (χ1n) is 8.86. The first-order chi connectivity index (χ1) is 11.7. The van der Waals surface area contributed by atoms with Crippen LogP contribution >= 0.6 is 0 Å². The maximum absolute atomic E-state index is 12.2. The second-order valence-corrected chi connectivity index (χ2v) is 8.22. The van der Waals surface area contributed by atoms with Crippen LogP contribution in [0.25, 0.3) is 0 Å². The lowest BCUT2D eigenvalue weighted by atomic mass is 10.1. The van der Waals surface area contributed by atoms with Gasteiger partial charge in [0.25, 0.3) is 0 Å². The summed E-state index contributed by atoms with van der Waals surface area (Å²) >= 11 is 0. The highest BCUT2D eigenvalue weighted by Crippen LogP contribution is 2.14. The van der Waals surface area contributed by atoms with Gasteiger partial charge in [-0.05, 0) is 60.9 Å². The molecule has 0 saturated heterocycles. The monoisotopic (exact) mass is 374 g/mol. The average Bonchev–Trinajstić information content (AvgIpc) is 2.38. The molecule has 0 aromatic carbocycles. The highest BCUT2D eigenvalue weighted by molar-refractivity contribution is 5.79. The van der Waals surface area contributed by atoms with Crippen molar-refractivity contribution in [2.75, 3.05) is 19.6 Å². The summed E-state index contributed by atoms with van der Waals surface area (Å²) in [5, 5.41) is 9.56. The molecule has 0 rings (SSSR count). The third-order valence-electron chi connectivity index (χ3n) is 3.16. The number of hydrogen-bond acceptors (Lipinski definition) is 7. The largest absolute Gasteiger partial charge is 0.480 e. The van der Waals surface area contributed by atoms with Crippen LogP contribution in [-0.4, -0.2) is 64.8 Å². The minimum Gasteiger partial charge on any atom is -0.480 e. The number of aliphatic carboxylic acids is 1. The highest BCUT2D eigenvalue weighted by Gasteiger charge is 2.31. The first-order valence-corrected chi connectivity index (χ1v) is 8.86. The number of carbonyl (C=O) groups is 3. The van der Waals surface area contributed by atoms with Crippen LogP contribution in [0.2, 0.25) is 0 Å². The van der Waals surface area contributed by atoms with E-state index in [0.29, 0.717) is 19.4 Å². The molecule has 0 fully saturated rings. The van der Waals surface area contributed by atoms with Gasteiger partial charge in [-0.2, -0.15) is 0 Å². The number of nitrogens with two attached hydrogens (primary N) is 1. The van der Waals surface area contributed by atoms with Crippen molar-refractivity contribution in [2.24, 2.45) is 5.73 Å². The summed E-state index contributed by atoms with van der Waals surface area (Å²) in [6.07, 6.45) is 1.52. The molecule has 0 radical (unpaired) electrons. The molecule has 0 spiro atoms. The molecule has 0 aromatic heterocycles. The number of rotatable bonds is 10. The van der Waals surface area contributed by atoms with Gasteiger partial charge < -0.3 is 20.3 Å². The van der Waals surface area contributed by atoms with Gasteiger partial charge in [-0.15, -0.1) is 0 Å². The number of carboxylic acid groups (broad SMARTS) is 1. The fourth-order valence-corrected chi connectivity index (χ4v) is 2.30. The molecule has 0 aliphatic heterocycles. The topological polar surface area (TPSA) is 119 Å². The fraction of sp³-hybridized carbons (Fsp3) is 0.833. The second-order valence-electron chi connectivity index (χ2n) is 8.22. The van der Waals surface area contributed by atoms with E-state index in [4.69, 9.17) is 15.2 Å². The lowest BCUT2D eigenvalue weighted by Crippen LogP contribution is -2.48. The fourth-order valence-electron chi connectivity index (χ4n) is 2.30. The van der Waals surface area contributed by atoms with Crippen molar-refractivity contribution in [3.05, 3.63) is 0 Å². The van der Waals surface area contributed by atoms with Gasteiger partial charge in [-0.1, -0.05) is 6.42 Å². The molecule has 0 bridgehead atoms. The smallest absolute Gasteiger partial charge is 0.320 e. The van der Waals surface area contributed by atoms with E-state index >= 15 is 0 Å². The molecule has 26 heavy (non-hydrogen) atoms. The summed E-state index contributed by atoms with van der Waals surface area (Å²) in [6.45, 7) is 10.2. The third-order valence-corrected chi connectivity index (χ3v) is 3.16. The second kappa shape index (κ2) is 10.5. The van der Waals surface area contributed by atoms with Crippen molar-refractivity contribution in [1.29, 1.82) is 0 Å². The Balaban J connectivity index is 5.24. The number of carbonyl (C=O) groups excluding carboxylic acids is 2. The minimum atomic E-state index is -1.10. The van der Waals surface area contributed by atoms with Crippen molar-refractivity contribution in [3.8, 4) is 0 Å². The normalized spacial score (nSPS) is 13.4. The predicted octanol–water partition coefficient (Wildman–Crippen LogP) is 1.55. The lowest BCUT2D eigenvalue weighted by molar-refractivity contribution is -0.162. The highest BCUT2D eigenvalue weighted by atomic mass is 16.6. The molecule has 3 N–H and O–H groups in total. The summed E-state index contributed by atoms with van der Waals surface area (Å²) in [5.41, 5.74) is 4.06. The van der Waals surface area contributed by atoms with Crippen LogP contribution < -0.4 is 5.73 Å². The molecule has 1 atom stereocenters. The Kier molecular flexibility index (Phi) is 9.80. The maximum atomic E-state index is 12.2. The van der Waals surface area contributed by atoms with Crippen LogP contribution in [0.5, 0.6) is 0 Å². The standard InChI is InChI=1S/C18H34N2O6/c1-17(2,3)25-14(21)11-20(12-15(22)26-18(4,5)6)13(16(23)24)9-7-8-10-19/h13H,7-12,19H2,1-6H3,(H,23,24)/t13-/m0/s1. The Labute approximate surface area is 156 Å². The van der Waals surface area contributed by atoms with E-state index in [0.717, 1.165) is 0 Å². The van der Waals surface area contributed by atoms with Crippen LogP contribution in [0.4, 0.5) is 0 Å². The number of ether oxygens (including phenoxy) is 2. The van der Waals surface area contributed by atoms with Gasteiger partial charge in [-0.3, -0.25) is 19.3 Å². The van der Waals surface area contributed by atoms with Crippen LogP contribution in [-0.2, 0) is 23.9 Å². The van der Waals surface area contributed by atoms with Gasteiger partial charge >= 0.3 is 17.9 Å². The Morgan fingerprint density at radius 2 is 1.35 bits per heavy atom. The van der Waals surface area contributed by atoms with Crippen LogP contribution in [0.15, 0.2) is 0 Å². The Morgan fingerprint density at radius 3 is 1.65 bits per heavy atom. The van der Waals surface area contributed by atoms with Gasteiger partial charge in [0, 0.05) is 0 Å². The molecule has 0 aliphatic rings. The Morgan fingerprint density at radius 1 is 0.923 bits per heavy atom. The van der Waals surface area contributed by atoms with Crippen molar-refractivity contribution < 1.29 is 29.0 Å². The van der Waals surface area contributed by atoms with Gasteiger partial charge in [0.2, 0.25) is 0 Å². The van der Waals surface area contributed by atoms with Crippen LogP contribution in [0.3, 0.4) is 0 Å². The number of carboxylic acids is 1. The zero-order valence-corrected chi connectivity index (χ0v) is 16.8. The molecular weight excluding hydrogens is 340 g/mol. The maximum Gasteiger partial charge on any atom is 0.320 e. The van der Waals surface area contributed by atoms with Crippen molar-refractivity contribution in [2.45, 2.75) is 78.0 Å². The van der Waals surface area contributed by atoms with Gasteiger partial charge in [-0.25, -0.2) is 0 Å². The molecule has 8 heteroatoms. The summed E-state index contributed by atoms with van der Waals surface area (Å²) in [7, 11) is 0. The molecule has 0 amide bonds. The van der Waals surface area contributed by atoms with Crippen molar-refractivity contribution in [1.82, 2.24) is 4.90 Å². The summed E-state index contributed by atoms with van der Waals surface area (Å²) in [5.74, 6) is -2.29. The van der Waals surface area contributed by atoms with E-state index in [1.54, 1.807) is 41.5 Å². The Bertz CT molecular complexity index is 449. The van der Waals surface area contributed by atoms with E-state index in [-0.39, 0.29) is 19.5 Å². The molecule has 0 heterocycles. The van der Waals surface area contributed by atoms with Gasteiger partial charge in [0.15, 0.2) is 0 Å². The van der Waals surface area contributed by atoms with E-state index in [1.165, 1.54) is 4.90 Å². The van der Waals surface area contributed by atoms with E-state index < -0.39 is 35.2 Å². The minimum absolute atomic E-state index is 0.276. The van der Waals surface area contributed by atoms with E-state index in [2.05, 4.69) is 0 Å². The van der Waals surface area contributed by atoms with E-state index in [1.807, 2.05) is 0 Å². The summed E-state index contributed by atoms with van der Waals surface area (Å²) in [6, 6.07) is -0.999. The number of unbranched alkanes of at least 4 members (excludes halogenated alkanes) is 1. The van der Waals surface area contributed by atoms with Crippen LogP contribution in [0, 0.1) is 0 Å². The molecular formula is C18H34N2O6. The van der Waals surface area contributed by atoms with E-state index in [9.17, 15) is 19.5 Å². The zero-order valence-electron chi connectivity index (χ0n) is 16.8. The van der Waals surface area contributed by atoms with Gasteiger partial charge in [0.05, 0.1) is 13.1 Å². The predicted molar refractivity (Wildman–Crippen MR) is 97.6 cm³/mol. The Hall–Kier alpha value is -1.67. The molecule has 0 aromatic rings. The SMILES string of the molecule is CC(C)(C)OC(=O)CN(CC(=O)OC(C)(C)C)[C@@H](CCCCN)C(=O)O. The third kappa shape index (κ3) is 11.8. The zero-order chi connectivity index (χ0) is 20.5. The molecule has 152 valence electrons. The molecule has 0 unspecified atom stereocenters. The molecule has 8 nitrogen and oxygen atoms in total. The molecule has 0 saturated carbocycles. The quantitative estimate of drug-likeness (QED) is 0.437. The van der Waals surface area contributed by atoms with Gasteiger partial charge in [0.1, 0.15) is 17.2 Å². The van der Waals surface area contributed by atoms with Crippen molar-refractivity contribution in [3.63, 3.8) is 0 Å².